The van der Waals surface area contributed by atoms with Crippen molar-refractivity contribution in [2.24, 2.45) is 0 Å². The molecule has 0 aliphatic heterocycles. The van der Waals surface area contributed by atoms with Crippen molar-refractivity contribution in [2.45, 2.75) is 6.61 Å². The van der Waals surface area contributed by atoms with Crippen LogP contribution >= 0.6 is 0 Å². The number of fused-ring (bicyclic) bond motifs is 1. The predicted molar refractivity (Wildman–Crippen MR) is 93.5 cm³/mol. The molecule has 8 heteroatoms. The molecule has 0 atom stereocenters. The molecule has 0 saturated carbocycles. The lowest BCUT2D eigenvalue weighted by molar-refractivity contribution is 0.0428. The molecule has 0 bridgehead atoms. The average Bonchev–Trinajstić information content (AvgIpc) is 3.14. The van der Waals surface area contributed by atoms with E-state index in [1.54, 1.807) is 24.3 Å². The van der Waals surface area contributed by atoms with E-state index < -0.39 is 17.6 Å². The largest absolute Gasteiger partial charge is 0.453 e. The third kappa shape index (κ3) is 3.39. The number of para-hydroxylation sites is 1. The highest BCUT2D eigenvalue weighted by molar-refractivity contribution is 5.88. The van der Waals surface area contributed by atoms with Crippen molar-refractivity contribution in [3.63, 3.8) is 0 Å². The number of benzene rings is 2. The highest BCUT2D eigenvalue weighted by Gasteiger charge is 2.16. The number of esters is 1. The number of hydrogen-bond acceptors (Lipinski definition) is 6. The molecule has 6 nitrogen and oxygen atoms in total. The molecule has 0 spiro atoms. The molecule has 4 aromatic rings. The summed E-state index contributed by atoms with van der Waals surface area (Å²) in [6, 6.07) is 11.9. The van der Waals surface area contributed by atoms with Gasteiger partial charge in [0.25, 0.3) is 0 Å². The number of halogens is 2. The minimum atomic E-state index is -0.861. The molecular formula is C20H11F2NO5. The van der Waals surface area contributed by atoms with Crippen LogP contribution in [0, 0.1) is 11.6 Å². The molecule has 0 aliphatic carbocycles. The number of aromatic nitrogens is 1. The van der Waals surface area contributed by atoms with Crippen LogP contribution < -0.4 is 5.43 Å². The van der Waals surface area contributed by atoms with E-state index in [4.69, 9.17) is 13.7 Å². The third-order valence-corrected chi connectivity index (χ3v) is 3.94. The van der Waals surface area contributed by atoms with Gasteiger partial charge in [0, 0.05) is 18.2 Å². The Balaban J connectivity index is 1.50. The summed E-state index contributed by atoms with van der Waals surface area (Å²) in [6.45, 7) is -0.290. The van der Waals surface area contributed by atoms with Crippen LogP contribution in [-0.4, -0.2) is 11.1 Å². The van der Waals surface area contributed by atoms with Crippen molar-refractivity contribution in [1.29, 1.82) is 0 Å². The zero-order valence-corrected chi connectivity index (χ0v) is 14.1. The minimum absolute atomic E-state index is 0.0204. The van der Waals surface area contributed by atoms with Gasteiger partial charge in [0.1, 0.15) is 29.5 Å². The monoisotopic (exact) mass is 383 g/mol. The van der Waals surface area contributed by atoms with Gasteiger partial charge in [-0.1, -0.05) is 17.3 Å². The Bertz CT molecular complexity index is 1240. The van der Waals surface area contributed by atoms with E-state index in [1.807, 2.05) is 0 Å². The maximum atomic E-state index is 13.8. The molecule has 0 amide bonds. The molecular weight excluding hydrogens is 372 g/mol. The topological polar surface area (TPSA) is 82.5 Å². The number of carbonyl (C=O) groups excluding carboxylic acids is 1. The minimum Gasteiger partial charge on any atom is -0.453 e. The van der Waals surface area contributed by atoms with Gasteiger partial charge in [-0.15, -0.1) is 0 Å². The molecule has 0 saturated heterocycles. The Morgan fingerprint density at radius 2 is 1.89 bits per heavy atom. The first kappa shape index (κ1) is 17.6. The van der Waals surface area contributed by atoms with Crippen molar-refractivity contribution in [3.8, 4) is 11.3 Å². The van der Waals surface area contributed by atoms with E-state index in [9.17, 15) is 18.4 Å². The summed E-state index contributed by atoms with van der Waals surface area (Å²) in [5.41, 5.74) is 0.115. The molecule has 2 aromatic carbocycles. The first-order valence-corrected chi connectivity index (χ1v) is 8.12. The van der Waals surface area contributed by atoms with Crippen LogP contribution in [0.5, 0.6) is 0 Å². The van der Waals surface area contributed by atoms with Crippen LogP contribution in [-0.2, 0) is 11.3 Å². The molecule has 0 N–H and O–H groups in total. The van der Waals surface area contributed by atoms with Gasteiger partial charge in [0.2, 0.25) is 5.76 Å². The number of nitrogens with zero attached hydrogens (tertiary/aromatic N) is 1. The fraction of sp³-hybridized carbons (Fsp3) is 0.0500. The average molecular weight is 383 g/mol. The number of ether oxygens (including phenoxy) is 1. The summed E-state index contributed by atoms with van der Waals surface area (Å²) in [7, 11) is 0. The zero-order valence-electron chi connectivity index (χ0n) is 14.1. The summed E-state index contributed by atoms with van der Waals surface area (Å²) >= 11 is 0. The van der Waals surface area contributed by atoms with Crippen LogP contribution in [0.4, 0.5) is 8.78 Å². The molecule has 0 unspecified atom stereocenters. The number of rotatable bonds is 4. The first-order valence-electron chi connectivity index (χ1n) is 8.12. The fourth-order valence-corrected chi connectivity index (χ4v) is 2.61. The van der Waals surface area contributed by atoms with Crippen LogP contribution in [0.25, 0.3) is 22.3 Å². The van der Waals surface area contributed by atoms with Gasteiger partial charge in [-0.05, 0) is 24.3 Å². The summed E-state index contributed by atoms with van der Waals surface area (Å²) < 4.78 is 42.3. The number of carbonyl (C=O) groups is 1. The van der Waals surface area contributed by atoms with E-state index in [2.05, 4.69) is 5.16 Å². The van der Waals surface area contributed by atoms with Crippen molar-refractivity contribution in [1.82, 2.24) is 5.16 Å². The molecule has 2 aromatic heterocycles. The lowest BCUT2D eigenvalue weighted by Gasteiger charge is -2.03. The second-order valence-corrected chi connectivity index (χ2v) is 5.85. The van der Waals surface area contributed by atoms with E-state index in [0.717, 1.165) is 18.2 Å². The molecule has 0 fully saturated rings. The quantitative estimate of drug-likeness (QED) is 0.494. The van der Waals surface area contributed by atoms with E-state index >= 15 is 0 Å². The second kappa shape index (κ2) is 7.07. The van der Waals surface area contributed by atoms with E-state index in [1.165, 1.54) is 12.1 Å². The van der Waals surface area contributed by atoms with Crippen LogP contribution in [0.1, 0.15) is 16.2 Å². The van der Waals surface area contributed by atoms with Gasteiger partial charge in [0.05, 0.1) is 10.9 Å². The van der Waals surface area contributed by atoms with Gasteiger partial charge in [-0.3, -0.25) is 4.79 Å². The van der Waals surface area contributed by atoms with Crippen molar-refractivity contribution in [2.75, 3.05) is 0 Å². The Labute approximate surface area is 155 Å². The van der Waals surface area contributed by atoms with Crippen molar-refractivity contribution >= 4 is 16.9 Å². The highest BCUT2D eigenvalue weighted by Crippen LogP contribution is 2.24. The van der Waals surface area contributed by atoms with Crippen molar-refractivity contribution in [3.05, 3.63) is 87.9 Å². The molecule has 2 heterocycles. The molecule has 0 aliphatic rings. The maximum absolute atomic E-state index is 13.8. The predicted octanol–water partition coefficient (Wildman–Crippen LogP) is 4.08. The smallest absolute Gasteiger partial charge is 0.374 e. The Morgan fingerprint density at radius 1 is 1.07 bits per heavy atom. The Hall–Kier alpha value is -3.81. The van der Waals surface area contributed by atoms with E-state index in [-0.39, 0.29) is 40.4 Å². The highest BCUT2D eigenvalue weighted by atomic mass is 19.1. The van der Waals surface area contributed by atoms with Crippen molar-refractivity contribution < 1.29 is 27.3 Å². The SMILES string of the molecule is O=C(OCc1cc(-c2ccc(F)cc2F)on1)c1cc(=O)c2ccccc2o1. The summed E-state index contributed by atoms with van der Waals surface area (Å²) in [6.07, 6.45) is 0. The van der Waals surface area contributed by atoms with Gasteiger partial charge in [-0.2, -0.15) is 0 Å². The van der Waals surface area contributed by atoms with Gasteiger partial charge in [0.15, 0.2) is 11.2 Å². The number of hydrogen-bond donors (Lipinski definition) is 0. The van der Waals surface area contributed by atoms with Crippen LogP contribution in [0.3, 0.4) is 0 Å². The normalized spacial score (nSPS) is 10.9. The summed E-state index contributed by atoms with van der Waals surface area (Å²) in [5, 5.41) is 4.03. The summed E-state index contributed by atoms with van der Waals surface area (Å²) in [5.74, 6) is -2.58. The fourth-order valence-electron chi connectivity index (χ4n) is 2.61. The van der Waals surface area contributed by atoms with Gasteiger partial charge >= 0.3 is 5.97 Å². The molecule has 0 radical (unpaired) electrons. The summed E-state index contributed by atoms with van der Waals surface area (Å²) in [4.78, 5) is 24.2. The Morgan fingerprint density at radius 3 is 2.71 bits per heavy atom. The molecule has 4 rings (SSSR count). The standard InChI is InChI=1S/C20H11F2NO5/c21-11-5-6-13(15(22)7-11)18-8-12(23-28-18)10-26-20(25)19-9-16(24)14-3-1-2-4-17(14)27-19/h1-9H,10H2. The zero-order chi connectivity index (χ0) is 19.7. The second-order valence-electron chi connectivity index (χ2n) is 5.85. The maximum Gasteiger partial charge on any atom is 0.374 e. The molecule has 140 valence electrons. The third-order valence-electron chi connectivity index (χ3n) is 3.94. The van der Waals surface area contributed by atoms with Crippen LogP contribution in [0.2, 0.25) is 0 Å². The molecule has 28 heavy (non-hydrogen) atoms. The van der Waals surface area contributed by atoms with E-state index in [0.29, 0.717) is 5.39 Å². The van der Waals surface area contributed by atoms with Gasteiger partial charge in [-0.25, -0.2) is 13.6 Å². The Kier molecular flexibility index (Phi) is 4.44. The first-order chi connectivity index (χ1) is 13.5. The lowest BCUT2D eigenvalue weighted by Crippen LogP contribution is -2.10. The van der Waals surface area contributed by atoms with Gasteiger partial charge < -0.3 is 13.7 Å². The lowest BCUT2D eigenvalue weighted by atomic mass is 10.1. The van der Waals surface area contributed by atoms with Crippen LogP contribution in [0.15, 0.2) is 68.3 Å².